The van der Waals surface area contributed by atoms with Crippen LogP contribution in [0.1, 0.15) is 39.5 Å². The topological polar surface area (TPSA) is 110 Å². The minimum absolute atomic E-state index is 0.0375. The van der Waals surface area contributed by atoms with Crippen molar-refractivity contribution in [2.75, 3.05) is 6.61 Å². The number of amides is 1. The van der Waals surface area contributed by atoms with E-state index in [0.29, 0.717) is 0 Å². The molecule has 19 heavy (non-hydrogen) atoms. The van der Waals surface area contributed by atoms with Gasteiger partial charge in [-0.05, 0) is 20.3 Å². The first-order chi connectivity index (χ1) is 8.86. The van der Waals surface area contributed by atoms with Crippen molar-refractivity contribution in [3.8, 4) is 0 Å². The van der Waals surface area contributed by atoms with Crippen LogP contribution >= 0.6 is 0 Å². The van der Waals surface area contributed by atoms with Crippen LogP contribution in [0.3, 0.4) is 0 Å². The molecule has 0 fully saturated rings. The Kier molecular flexibility index (Phi) is 8.15. The van der Waals surface area contributed by atoms with Gasteiger partial charge >= 0.3 is 11.9 Å². The maximum atomic E-state index is 11.4. The first-order valence-electron chi connectivity index (χ1n) is 6.04. The Labute approximate surface area is 111 Å². The molecule has 0 rings (SSSR count). The maximum Gasteiger partial charge on any atom is 0.326 e. The molecule has 0 heterocycles. The van der Waals surface area contributed by atoms with Crippen LogP contribution in [0.15, 0.2) is 0 Å². The zero-order chi connectivity index (χ0) is 14.8. The number of carbonyl (C=O) groups excluding carboxylic acids is 3. The highest BCUT2D eigenvalue weighted by atomic mass is 16.5. The second-order valence-corrected chi connectivity index (χ2v) is 4.00. The molecule has 0 aliphatic carbocycles. The van der Waals surface area contributed by atoms with Crippen molar-refractivity contribution in [1.29, 1.82) is 0 Å². The van der Waals surface area contributed by atoms with E-state index in [4.69, 9.17) is 5.11 Å². The third-order valence-electron chi connectivity index (χ3n) is 2.28. The van der Waals surface area contributed by atoms with Gasteiger partial charge in [0, 0.05) is 12.8 Å². The third-order valence-corrected chi connectivity index (χ3v) is 2.28. The van der Waals surface area contributed by atoms with Crippen LogP contribution < -0.4 is 5.32 Å². The second kappa shape index (κ2) is 9.07. The van der Waals surface area contributed by atoms with Gasteiger partial charge in [-0.1, -0.05) is 0 Å². The van der Waals surface area contributed by atoms with Crippen LogP contribution in [-0.2, 0) is 23.9 Å². The van der Waals surface area contributed by atoms with E-state index >= 15 is 0 Å². The molecular formula is C12H19NO6. The minimum atomic E-state index is -1.20. The van der Waals surface area contributed by atoms with Crippen LogP contribution in [0.4, 0.5) is 0 Å². The van der Waals surface area contributed by atoms with Gasteiger partial charge in [-0.2, -0.15) is 0 Å². The number of Topliss-reactive ketones (excluding diaryl/α,β-unsaturated/α-hetero) is 1. The lowest BCUT2D eigenvalue weighted by molar-refractivity contribution is -0.145. The predicted molar refractivity (Wildman–Crippen MR) is 65.3 cm³/mol. The largest absolute Gasteiger partial charge is 0.480 e. The number of hydrogen-bond acceptors (Lipinski definition) is 5. The minimum Gasteiger partial charge on any atom is -0.480 e. The number of esters is 1. The normalized spacial score (nSPS) is 11.5. The maximum absolute atomic E-state index is 11.4. The number of aliphatic carboxylic acids is 1. The Morgan fingerprint density at radius 3 is 2.26 bits per heavy atom. The number of ketones is 1. The van der Waals surface area contributed by atoms with Crippen molar-refractivity contribution < 1.29 is 29.0 Å². The molecule has 1 atom stereocenters. The molecule has 0 aromatic rings. The third kappa shape index (κ3) is 8.76. The molecule has 0 aromatic heterocycles. The van der Waals surface area contributed by atoms with E-state index in [1.54, 1.807) is 6.92 Å². The molecule has 0 aliphatic heterocycles. The summed E-state index contributed by atoms with van der Waals surface area (Å²) in [6.07, 6.45) is -0.119. The van der Waals surface area contributed by atoms with Crippen molar-refractivity contribution >= 4 is 23.6 Å². The number of carbonyl (C=O) groups is 4. The number of hydrogen-bond donors (Lipinski definition) is 2. The smallest absolute Gasteiger partial charge is 0.326 e. The highest BCUT2D eigenvalue weighted by molar-refractivity contribution is 5.86. The fraction of sp³-hybridized carbons (Fsp3) is 0.667. The SMILES string of the molecule is CCOC(=O)CCC(=O)N[C@H](CCC(C)=O)C(=O)O. The van der Waals surface area contributed by atoms with Crippen molar-refractivity contribution in [2.45, 2.75) is 45.6 Å². The summed E-state index contributed by atoms with van der Waals surface area (Å²) in [7, 11) is 0. The van der Waals surface area contributed by atoms with Crippen LogP contribution in [-0.4, -0.2) is 41.4 Å². The highest BCUT2D eigenvalue weighted by Gasteiger charge is 2.20. The van der Waals surface area contributed by atoms with Crippen LogP contribution in [0.2, 0.25) is 0 Å². The van der Waals surface area contributed by atoms with Crippen LogP contribution in [0.5, 0.6) is 0 Å². The van der Waals surface area contributed by atoms with Gasteiger partial charge in [-0.25, -0.2) is 4.79 Å². The Hall–Kier alpha value is -1.92. The Morgan fingerprint density at radius 1 is 1.16 bits per heavy atom. The molecule has 0 radical (unpaired) electrons. The number of nitrogens with one attached hydrogen (secondary N) is 1. The average Bonchev–Trinajstić information content (AvgIpc) is 2.31. The van der Waals surface area contributed by atoms with E-state index in [1.165, 1.54) is 6.92 Å². The predicted octanol–water partition coefficient (Wildman–Crippen LogP) is 0.268. The summed E-state index contributed by atoms with van der Waals surface area (Å²) in [5.41, 5.74) is 0. The molecule has 0 saturated carbocycles. The molecule has 7 nitrogen and oxygen atoms in total. The van der Waals surface area contributed by atoms with Gasteiger partial charge in [0.15, 0.2) is 0 Å². The second-order valence-electron chi connectivity index (χ2n) is 4.00. The molecule has 2 N–H and O–H groups in total. The monoisotopic (exact) mass is 273 g/mol. The molecule has 0 saturated heterocycles. The van der Waals surface area contributed by atoms with E-state index < -0.39 is 23.9 Å². The molecule has 0 aromatic carbocycles. The number of rotatable bonds is 9. The summed E-state index contributed by atoms with van der Waals surface area (Å²) in [5, 5.41) is 11.1. The lowest BCUT2D eigenvalue weighted by Gasteiger charge is -2.13. The number of ether oxygens (including phenoxy) is 1. The standard InChI is InChI=1S/C12H19NO6/c1-3-19-11(16)7-6-10(15)13-9(12(17)18)5-4-8(2)14/h9H,3-7H2,1-2H3,(H,13,15)(H,17,18)/t9-/m1/s1. The zero-order valence-electron chi connectivity index (χ0n) is 11.1. The summed E-state index contributed by atoms with van der Waals surface area (Å²) < 4.78 is 4.64. The quantitative estimate of drug-likeness (QED) is 0.583. The number of carboxylic acid groups (broad SMARTS) is 1. The Morgan fingerprint density at radius 2 is 1.79 bits per heavy atom. The van der Waals surface area contributed by atoms with E-state index in [9.17, 15) is 19.2 Å². The Bertz CT molecular complexity index is 352. The fourth-order valence-electron chi connectivity index (χ4n) is 1.32. The van der Waals surface area contributed by atoms with Gasteiger partial charge in [-0.3, -0.25) is 9.59 Å². The number of carboxylic acids is 1. The first-order valence-corrected chi connectivity index (χ1v) is 6.04. The van der Waals surface area contributed by atoms with Crippen molar-refractivity contribution in [2.24, 2.45) is 0 Å². The summed E-state index contributed by atoms with van der Waals surface area (Å²) >= 11 is 0. The van der Waals surface area contributed by atoms with Gasteiger partial charge in [0.25, 0.3) is 0 Å². The van der Waals surface area contributed by atoms with Crippen molar-refractivity contribution in [1.82, 2.24) is 5.32 Å². The summed E-state index contributed by atoms with van der Waals surface area (Å²) in [5.74, 6) is -2.41. The molecule has 1 amide bonds. The molecule has 0 unspecified atom stereocenters. The fourth-order valence-corrected chi connectivity index (χ4v) is 1.32. The van der Waals surface area contributed by atoms with Gasteiger partial charge in [-0.15, -0.1) is 0 Å². The van der Waals surface area contributed by atoms with Gasteiger partial charge in [0.05, 0.1) is 13.0 Å². The lowest BCUT2D eigenvalue weighted by atomic mass is 10.1. The van der Waals surface area contributed by atoms with E-state index in [2.05, 4.69) is 10.1 Å². The molecule has 0 aliphatic rings. The van der Waals surface area contributed by atoms with E-state index in [1.807, 2.05) is 0 Å². The van der Waals surface area contributed by atoms with E-state index in [0.717, 1.165) is 0 Å². The average molecular weight is 273 g/mol. The van der Waals surface area contributed by atoms with Crippen LogP contribution in [0, 0.1) is 0 Å². The Balaban J connectivity index is 4.13. The molecular weight excluding hydrogens is 254 g/mol. The highest BCUT2D eigenvalue weighted by Crippen LogP contribution is 2.01. The molecule has 108 valence electrons. The van der Waals surface area contributed by atoms with Crippen molar-refractivity contribution in [3.05, 3.63) is 0 Å². The van der Waals surface area contributed by atoms with Gasteiger partial charge in [0.1, 0.15) is 11.8 Å². The molecule has 7 heteroatoms. The zero-order valence-corrected chi connectivity index (χ0v) is 11.1. The van der Waals surface area contributed by atoms with Crippen molar-refractivity contribution in [3.63, 3.8) is 0 Å². The summed E-state index contributed by atoms with van der Waals surface area (Å²) in [6.45, 7) is 3.23. The lowest BCUT2D eigenvalue weighted by Crippen LogP contribution is -2.41. The van der Waals surface area contributed by atoms with Gasteiger partial charge < -0.3 is 20.0 Å². The van der Waals surface area contributed by atoms with Crippen LogP contribution in [0.25, 0.3) is 0 Å². The molecule has 0 bridgehead atoms. The van der Waals surface area contributed by atoms with E-state index in [-0.39, 0.29) is 38.1 Å². The summed E-state index contributed by atoms with van der Waals surface area (Å²) in [6, 6.07) is -1.11. The molecule has 0 spiro atoms. The van der Waals surface area contributed by atoms with Gasteiger partial charge in [0.2, 0.25) is 5.91 Å². The first kappa shape index (κ1) is 17.1. The summed E-state index contributed by atoms with van der Waals surface area (Å²) in [4.78, 5) is 44.1.